The Bertz CT molecular complexity index is 2570. The normalized spacial score (nSPS) is 15.5. The van der Waals surface area contributed by atoms with E-state index in [9.17, 15) is 43.1 Å². The molecule has 49 heavy (non-hydrogen) atoms. The lowest BCUT2D eigenvalue weighted by molar-refractivity contribution is -0.123. The van der Waals surface area contributed by atoms with Crippen molar-refractivity contribution in [3.05, 3.63) is 78.3 Å². The number of benzene rings is 4. The van der Waals surface area contributed by atoms with Crippen LogP contribution >= 0.6 is 0 Å². The number of nitrogens with one attached hydrogen (secondary N) is 2. The highest BCUT2D eigenvalue weighted by atomic mass is 32.2. The van der Waals surface area contributed by atoms with Crippen LogP contribution < -0.4 is 20.3 Å². The maximum absolute atomic E-state index is 12.4. The molecule has 2 heterocycles. The van der Waals surface area contributed by atoms with Gasteiger partial charge in [-0.1, -0.05) is 43.0 Å². The lowest BCUT2D eigenvalue weighted by atomic mass is 10.1. The van der Waals surface area contributed by atoms with Gasteiger partial charge < -0.3 is 15.4 Å². The molecule has 0 fully saturated rings. The Kier molecular flexibility index (Phi) is 8.50. The summed E-state index contributed by atoms with van der Waals surface area (Å²) in [4.78, 5) is 11.0. The van der Waals surface area contributed by atoms with Crippen LogP contribution in [0, 0.1) is 0 Å². The Hall–Kier alpha value is -4.85. The summed E-state index contributed by atoms with van der Waals surface area (Å²) in [5, 5.41) is 14.0. The van der Waals surface area contributed by atoms with E-state index < -0.39 is 74.6 Å². The van der Waals surface area contributed by atoms with Gasteiger partial charge in [0.1, 0.15) is 9.92 Å². The maximum atomic E-state index is 12.4. The van der Waals surface area contributed by atoms with E-state index in [1.54, 1.807) is 36.4 Å². The SMILES string of the molecule is C=C(N1c2ccc3ccccc3c2OC1Nc1nc(Nc2ccc3c(S(=O)(=O)O)cc(S(=O)(=O)O)cc3c2)nc(S(=O)(=O)O)n1)S(=O)OO. The zero-order valence-electron chi connectivity index (χ0n) is 24.0. The summed E-state index contributed by atoms with van der Waals surface area (Å²) in [7, 11) is -15.0. The van der Waals surface area contributed by atoms with Crippen molar-refractivity contribution < 1.29 is 57.4 Å². The molecule has 2 unspecified atom stereocenters. The molecule has 256 valence electrons. The fraction of sp³-hybridized carbons (Fsp3) is 0.0385. The number of aromatic nitrogens is 3. The fourth-order valence-electron chi connectivity index (χ4n) is 4.90. The minimum Gasteiger partial charge on any atom is -0.449 e. The largest absolute Gasteiger partial charge is 0.449 e. The van der Waals surface area contributed by atoms with E-state index in [0.29, 0.717) is 17.1 Å². The van der Waals surface area contributed by atoms with Gasteiger partial charge in [0.2, 0.25) is 23.0 Å². The molecular weight excluding hydrogens is 733 g/mol. The second kappa shape index (κ2) is 12.2. The van der Waals surface area contributed by atoms with Crippen LogP contribution in [0.4, 0.5) is 23.3 Å². The van der Waals surface area contributed by atoms with E-state index in [2.05, 4.69) is 36.5 Å². The molecule has 4 aromatic carbocycles. The van der Waals surface area contributed by atoms with Crippen LogP contribution in [0.3, 0.4) is 0 Å². The molecule has 0 bridgehead atoms. The predicted octanol–water partition coefficient (Wildman–Crippen LogP) is 2.88. The molecule has 0 radical (unpaired) electrons. The monoisotopic (exact) mass is 752 g/mol. The number of ether oxygens (including phenoxy) is 1. The van der Waals surface area contributed by atoms with Gasteiger partial charge >= 0.3 is 10.1 Å². The smallest absolute Gasteiger partial charge is 0.330 e. The fourth-order valence-corrected chi connectivity index (χ4v) is 7.10. The molecule has 1 aromatic heterocycles. The average molecular weight is 753 g/mol. The van der Waals surface area contributed by atoms with Crippen LogP contribution in [-0.2, 0) is 45.8 Å². The minimum atomic E-state index is -5.09. The standard InChI is InChI=1S/C26H20N6O13S4/c1-13(46(34)45-33)32-20-9-6-14-4-2-3-5-19(14)22(20)44-26(32)31-24-28-23(29-25(30-24)49(41,42)43)27-16-7-8-18-15(10-16)11-17(47(35,36)37)12-21(18)48(38,39)40/h2-12,26,33H,1H2,(H,35,36,37)(H,38,39,40)(H,41,42,43)(H2,27,28,29,30,31). The van der Waals surface area contributed by atoms with E-state index in [0.717, 1.165) is 11.5 Å². The van der Waals surface area contributed by atoms with Crippen molar-refractivity contribution in [2.45, 2.75) is 21.3 Å². The Balaban J connectivity index is 1.41. The predicted molar refractivity (Wildman–Crippen MR) is 172 cm³/mol. The molecule has 0 aliphatic carbocycles. The first-order chi connectivity index (χ1) is 22.9. The number of hydrogen-bond acceptors (Lipinski definition) is 16. The Morgan fingerprint density at radius 3 is 2.22 bits per heavy atom. The third-order valence-electron chi connectivity index (χ3n) is 6.93. The summed E-state index contributed by atoms with van der Waals surface area (Å²) < 4.78 is 123. The number of hydrogen-bond donors (Lipinski definition) is 6. The Morgan fingerprint density at radius 1 is 0.837 bits per heavy atom. The third-order valence-corrected chi connectivity index (χ3v) is 10.0. The van der Waals surface area contributed by atoms with Gasteiger partial charge in [-0.25, -0.2) is 9.47 Å². The lowest BCUT2D eigenvalue weighted by Gasteiger charge is -2.25. The summed E-state index contributed by atoms with van der Waals surface area (Å²) >= 11 is -2.50. The van der Waals surface area contributed by atoms with Crippen molar-refractivity contribution >= 4 is 86.3 Å². The van der Waals surface area contributed by atoms with E-state index in [-0.39, 0.29) is 27.2 Å². The van der Waals surface area contributed by atoms with Crippen LogP contribution in [0.25, 0.3) is 21.5 Å². The van der Waals surface area contributed by atoms with Crippen molar-refractivity contribution in [1.29, 1.82) is 0 Å². The Morgan fingerprint density at radius 2 is 1.55 bits per heavy atom. The molecule has 2 atom stereocenters. The average Bonchev–Trinajstić information content (AvgIpc) is 3.40. The summed E-state index contributed by atoms with van der Waals surface area (Å²) in [5.41, 5.74) is 0.305. The second-order valence-corrected chi connectivity index (χ2v) is 15.2. The minimum absolute atomic E-state index is 0.00111. The summed E-state index contributed by atoms with van der Waals surface area (Å²) in [6.45, 7) is 3.69. The maximum Gasteiger partial charge on any atom is 0.330 e. The van der Waals surface area contributed by atoms with Crippen LogP contribution in [0.5, 0.6) is 5.75 Å². The van der Waals surface area contributed by atoms with Gasteiger partial charge in [-0.3, -0.25) is 18.6 Å². The third kappa shape index (κ3) is 6.74. The molecule has 1 aliphatic heterocycles. The van der Waals surface area contributed by atoms with Crippen molar-refractivity contribution in [2.75, 3.05) is 15.5 Å². The molecule has 5 aromatic rings. The molecule has 23 heteroatoms. The quantitative estimate of drug-likeness (QED) is 0.0679. The van der Waals surface area contributed by atoms with Crippen LogP contribution in [-0.4, -0.2) is 69.7 Å². The van der Waals surface area contributed by atoms with Crippen molar-refractivity contribution in [3.8, 4) is 5.75 Å². The molecule has 0 amide bonds. The van der Waals surface area contributed by atoms with Gasteiger partial charge in [0, 0.05) is 16.5 Å². The lowest BCUT2D eigenvalue weighted by Crippen LogP contribution is -2.42. The van der Waals surface area contributed by atoms with Gasteiger partial charge in [-0.15, -0.1) is 4.33 Å². The number of fused-ring (bicyclic) bond motifs is 4. The second-order valence-electron chi connectivity index (χ2n) is 10.00. The Labute approximate surface area is 278 Å². The molecule has 1 aliphatic rings. The van der Waals surface area contributed by atoms with Crippen molar-refractivity contribution in [3.63, 3.8) is 0 Å². The number of rotatable bonds is 10. The van der Waals surface area contributed by atoms with Gasteiger partial charge in [-0.05, 0) is 41.1 Å². The first-order valence-corrected chi connectivity index (χ1v) is 18.5. The zero-order valence-corrected chi connectivity index (χ0v) is 27.3. The van der Waals surface area contributed by atoms with Crippen molar-refractivity contribution in [2.24, 2.45) is 0 Å². The highest BCUT2D eigenvalue weighted by molar-refractivity contribution is 7.87. The van der Waals surface area contributed by atoms with Crippen LogP contribution in [0.2, 0.25) is 0 Å². The van der Waals surface area contributed by atoms with Crippen LogP contribution in [0.15, 0.2) is 93.3 Å². The van der Waals surface area contributed by atoms with Gasteiger partial charge in [-0.2, -0.15) is 40.2 Å². The zero-order chi connectivity index (χ0) is 35.5. The van der Waals surface area contributed by atoms with Gasteiger partial charge in [0.05, 0.1) is 10.6 Å². The molecular formula is C26H20N6O13S4. The highest BCUT2D eigenvalue weighted by Gasteiger charge is 2.37. The summed E-state index contributed by atoms with van der Waals surface area (Å²) in [6.07, 6.45) is -1.41. The number of anilines is 4. The number of nitrogens with zero attached hydrogens (tertiary/aromatic N) is 4. The summed E-state index contributed by atoms with van der Waals surface area (Å²) in [6, 6.07) is 15.4. The highest BCUT2D eigenvalue weighted by Crippen LogP contribution is 2.45. The van der Waals surface area contributed by atoms with E-state index in [1.807, 2.05) is 0 Å². The topological polar surface area (TPSA) is 285 Å². The molecule has 6 rings (SSSR count). The van der Waals surface area contributed by atoms with E-state index in [4.69, 9.17) is 9.99 Å². The molecule has 0 spiro atoms. The van der Waals surface area contributed by atoms with Gasteiger partial charge in [0.25, 0.3) is 31.7 Å². The molecule has 19 nitrogen and oxygen atoms in total. The van der Waals surface area contributed by atoms with Crippen molar-refractivity contribution in [1.82, 2.24) is 15.0 Å². The summed E-state index contributed by atoms with van der Waals surface area (Å²) in [5.74, 6) is -0.804. The van der Waals surface area contributed by atoms with Gasteiger partial charge in [0.15, 0.2) is 5.75 Å². The molecule has 6 N–H and O–H groups in total. The first kappa shape index (κ1) is 34.0. The first-order valence-electron chi connectivity index (χ1n) is 13.1. The molecule has 0 saturated heterocycles. The van der Waals surface area contributed by atoms with E-state index in [1.165, 1.54) is 23.1 Å². The molecule has 0 saturated carbocycles. The van der Waals surface area contributed by atoms with Crippen LogP contribution in [0.1, 0.15) is 0 Å². The van der Waals surface area contributed by atoms with E-state index >= 15 is 0 Å².